The van der Waals surface area contributed by atoms with E-state index in [-0.39, 0.29) is 5.75 Å². The molecule has 4 heteroatoms. The molecule has 0 saturated carbocycles. The van der Waals surface area contributed by atoms with Crippen molar-refractivity contribution in [1.29, 1.82) is 0 Å². The van der Waals surface area contributed by atoms with E-state index in [1.165, 1.54) is 12.1 Å². The van der Waals surface area contributed by atoms with E-state index >= 15 is 0 Å². The minimum Gasteiger partial charge on any atom is -0.505 e. The van der Waals surface area contributed by atoms with Crippen LogP contribution in [0.5, 0.6) is 5.75 Å². The fourth-order valence-electron chi connectivity index (χ4n) is 0.736. The maximum Gasteiger partial charge on any atom is 0.156 e. The van der Waals surface area contributed by atoms with E-state index in [1.807, 2.05) is 0 Å². The minimum atomic E-state index is 0.0491. The first-order valence-corrected chi connectivity index (χ1v) is 4.11. The Kier molecular flexibility index (Phi) is 3.56. The fourth-order valence-corrected chi connectivity index (χ4v) is 0.884. The Labute approximate surface area is 81.8 Å². The second kappa shape index (κ2) is 4.70. The summed E-state index contributed by atoms with van der Waals surface area (Å²) in [6.07, 6.45) is 0. The molecule has 0 fully saturated rings. The average Bonchev–Trinajstić information content (AvgIpc) is 2.11. The molecule has 0 saturated heterocycles. The first-order valence-electron chi connectivity index (χ1n) is 3.73. The quantitative estimate of drug-likeness (QED) is 0.521. The van der Waals surface area contributed by atoms with Crippen molar-refractivity contribution in [1.82, 2.24) is 10.3 Å². The Morgan fingerprint density at radius 3 is 3.08 bits per heavy atom. The van der Waals surface area contributed by atoms with Crippen LogP contribution in [0.3, 0.4) is 0 Å². The lowest BCUT2D eigenvalue weighted by atomic mass is 10.3. The van der Waals surface area contributed by atoms with Gasteiger partial charge >= 0.3 is 0 Å². The maximum absolute atomic E-state index is 9.29. The van der Waals surface area contributed by atoms with E-state index in [2.05, 4.69) is 22.1 Å². The molecule has 2 N–H and O–H groups in total. The summed E-state index contributed by atoms with van der Waals surface area (Å²) in [6.45, 7) is 0.549. The third kappa shape index (κ3) is 2.94. The number of halogens is 1. The monoisotopic (exact) mass is 196 g/mol. The molecule has 0 amide bonds. The summed E-state index contributed by atoms with van der Waals surface area (Å²) >= 11 is 5.62. The molecule has 0 atom stereocenters. The van der Waals surface area contributed by atoms with Crippen molar-refractivity contribution < 1.29 is 5.11 Å². The number of aromatic nitrogens is 1. The molecule has 0 spiro atoms. The molecule has 13 heavy (non-hydrogen) atoms. The van der Waals surface area contributed by atoms with Crippen LogP contribution in [-0.2, 0) is 0 Å². The van der Waals surface area contributed by atoms with Gasteiger partial charge in [0.1, 0.15) is 10.9 Å². The number of nitrogens with one attached hydrogen (secondary N) is 1. The van der Waals surface area contributed by atoms with E-state index in [1.54, 1.807) is 7.05 Å². The number of pyridine rings is 1. The zero-order valence-electron chi connectivity index (χ0n) is 7.13. The molecule has 0 radical (unpaired) electrons. The smallest absolute Gasteiger partial charge is 0.156 e. The third-order valence-electron chi connectivity index (χ3n) is 1.31. The Morgan fingerprint density at radius 2 is 2.38 bits per heavy atom. The van der Waals surface area contributed by atoms with Gasteiger partial charge < -0.3 is 10.4 Å². The second-order valence-corrected chi connectivity index (χ2v) is 2.72. The van der Waals surface area contributed by atoms with Crippen LogP contribution in [0.15, 0.2) is 12.1 Å². The van der Waals surface area contributed by atoms with Crippen LogP contribution < -0.4 is 5.32 Å². The topological polar surface area (TPSA) is 45.2 Å². The third-order valence-corrected chi connectivity index (χ3v) is 1.52. The molecule has 1 aromatic heterocycles. The zero-order valence-corrected chi connectivity index (χ0v) is 7.89. The van der Waals surface area contributed by atoms with E-state index in [4.69, 9.17) is 11.6 Å². The van der Waals surface area contributed by atoms with Crippen LogP contribution in [0.2, 0.25) is 5.15 Å². The van der Waals surface area contributed by atoms with Gasteiger partial charge in [-0.15, -0.1) is 0 Å². The number of aromatic hydroxyl groups is 1. The first-order chi connectivity index (χ1) is 6.24. The molecule has 0 bridgehead atoms. The van der Waals surface area contributed by atoms with Crippen molar-refractivity contribution in [3.63, 3.8) is 0 Å². The van der Waals surface area contributed by atoms with Gasteiger partial charge in [0.05, 0.1) is 6.54 Å². The molecule has 3 nitrogen and oxygen atoms in total. The molecule has 0 aliphatic carbocycles. The van der Waals surface area contributed by atoms with E-state index in [0.717, 1.165) is 0 Å². The number of nitrogens with zero attached hydrogens (tertiary/aromatic N) is 1. The largest absolute Gasteiger partial charge is 0.505 e. The zero-order chi connectivity index (χ0) is 9.68. The summed E-state index contributed by atoms with van der Waals surface area (Å²) in [5.74, 6) is 5.52. The molecule has 1 rings (SSSR count). The van der Waals surface area contributed by atoms with Crippen molar-refractivity contribution >= 4 is 11.6 Å². The van der Waals surface area contributed by atoms with Crippen molar-refractivity contribution in [3.8, 4) is 17.6 Å². The number of hydrogen-bond acceptors (Lipinski definition) is 3. The predicted octanol–water partition coefficient (Wildman–Crippen LogP) is 1.01. The van der Waals surface area contributed by atoms with Crippen LogP contribution in [-0.4, -0.2) is 23.7 Å². The Bertz CT molecular complexity index is 354. The van der Waals surface area contributed by atoms with Crippen LogP contribution >= 0.6 is 11.6 Å². The van der Waals surface area contributed by atoms with Crippen LogP contribution in [0, 0.1) is 11.8 Å². The highest BCUT2D eigenvalue weighted by Crippen LogP contribution is 2.15. The molecule has 68 valence electrons. The minimum absolute atomic E-state index is 0.0491. The van der Waals surface area contributed by atoms with Gasteiger partial charge in [-0.3, -0.25) is 0 Å². The standard InChI is InChI=1S/C9H9ClN2O/c1-11-6-2-3-7-8(13)4-5-9(10)12-7/h4-5,11,13H,6H2,1H3. The van der Waals surface area contributed by atoms with Crippen LogP contribution in [0.1, 0.15) is 5.69 Å². The molecular formula is C9H9ClN2O. The van der Waals surface area contributed by atoms with Crippen molar-refractivity contribution in [2.75, 3.05) is 13.6 Å². The van der Waals surface area contributed by atoms with Gasteiger partial charge in [-0.05, 0) is 25.1 Å². The van der Waals surface area contributed by atoms with Crippen LogP contribution in [0.4, 0.5) is 0 Å². The van der Waals surface area contributed by atoms with Gasteiger partial charge in [-0.2, -0.15) is 0 Å². The summed E-state index contributed by atoms with van der Waals surface area (Å²) in [5.41, 5.74) is 0.308. The summed E-state index contributed by atoms with van der Waals surface area (Å²) in [5, 5.41) is 12.5. The normalized spacial score (nSPS) is 9.08. The first kappa shape index (κ1) is 9.85. The fraction of sp³-hybridized carbons (Fsp3) is 0.222. The second-order valence-electron chi connectivity index (χ2n) is 2.33. The summed E-state index contributed by atoms with van der Waals surface area (Å²) in [6, 6.07) is 2.98. The lowest BCUT2D eigenvalue weighted by molar-refractivity contribution is 0.471. The van der Waals surface area contributed by atoms with Gasteiger partial charge in [-0.1, -0.05) is 17.5 Å². The molecule has 0 aliphatic rings. The number of hydrogen-bond donors (Lipinski definition) is 2. The van der Waals surface area contributed by atoms with E-state index in [0.29, 0.717) is 17.4 Å². The van der Waals surface area contributed by atoms with Gasteiger partial charge in [0.25, 0.3) is 0 Å². The van der Waals surface area contributed by atoms with Gasteiger partial charge in [0, 0.05) is 0 Å². The summed E-state index contributed by atoms with van der Waals surface area (Å²) in [7, 11) is 1.79. The molecule has 1 heterocycles. The maximum atomic E-state index is 9.29. The van der Waals surface area contributed by atoms with Gasteiger partial charge in [-0.25, -0.2) is 4.98 Å². The average molecular weight is 197 g/mol. The Hall–Kier alpha value is -1.24. The van der Waals surface area contributed by atoms with Gasteiger partial charge in [0.2, 0.25) is 0 Å². The summed E-state index contributed by atoms with van der Waals surface area (Å²) < 4.78 is 0. The van der Waals surface area contributed by atoms with Crippen molar-refractivity contribution in [2.24, 2.45) is 0 Å². The molecular weight excluding hydrogens is 188 g/mol. The molecule has 1 aromatic rings. The highest BCUT2D eigenvalue weighted by Gasteiger charge is 1.98. The summed E-state index contributed by atoms with van der Waals surface area (Å²) in [4.78, 5) is 3.86. The molecule has 0 unspecified atom stereocenters. The highest BCUT2D eigenvalue weighted by molar-refractivity contribution is 6.29. The lowest BCUT2D eigenvalue weighted by Gasteiger charge is -1.95. The lowest BCUT2D eigenvalue weighted by Crippen LogP contribution is -2.04. The van der Waals surface area contributed by atoms with E-state index in [9.17, 15) is 5.11 Å². The molecule has 0 aromatic carbocycles. The highest BCUT2D eigenvalue weighted by atomic mass is 35.5. The SMILES string of the molecule is CNCC#Cc1nc(Cl)ccc1O. The van der Waals surface area contributed by atoms with Crippen LogP contribution in [0.25, 0.3) is 0 Å². The molecule has 0 aliphatic heterocycles. The predicted molar refractivity (Wildman–Crippen MR) is 51.7 cm³/mol. The van der Waals surface area contributed by atoms with Crippen molar-refractivity contribution in [2.45, 2.75) is 0 Å². The Morgan fingerprint density at radius 1 is 1.62 bits per heavy atom. The van der Waals surface area contributed by atoms with E-state index < -0.39 is 0 Å². The number of rotatable bonds is 1. The van der Waals surface area contributed by atoms with Crippen molar-refractivity contribution in [3.05, 3.63) is 23.0 Å². The Balaban J connectivity index is 2.89. The van der Waals surface area contributed by atoms with Gasteiger partial charge in [0.15, 0.2) is 5.69 Å².